The van der Waals surface area contributed by atoms with Crippen LogP contribution >= 0.6 is 0 Å². The van der Waals surface area contributed by atoms with Gasteiger partial charge in [-0.15, -0.1) is 0 Å². The van der Waals surface area contributed by atoms with Gasteiger partial charge in [0, 0.05) is 14.8 Å². The van der Waals surface area contributed by atoms with Crippen molar-refractivity contribution in [2.24, 2.45) is 5.92 Å². The highest BCUT2D eigenvalue weighted by molar-refractivity contribution is 5.03. The highest BCUT2D eigenvalue weighted by atomic mass is 19.1. The second-order valence-electron chi connectivity index (χ2n) is 4.68. The Kier molecular flexibility index (Phi) is 1.79. The van der Waals surface area contributed by atoms with E-state index in [0.717, 1.165) is 19.4 Å². The molecule has 0 amide bonds. The lowest BCUT2D eigenvalue weighted by Crippen LogP contribution is -2.39. The topological polar surface area (TPSA) is 3.24 Å². The SMILES string of the molecule is [2H]C([2H])(C(C)C)[C@@]12CCCN1C[C@H](F)C2. The molecule has 0 aromatic rings. The monoisotopic (exact) mass is 187 g/mol. The van der Waals surface area contributed by atoms with Crippen LogP contribution in [0, 0.1) is 5.92 Å². The molecule has 2 heterocycles. The molecule has 0 aromatic carbocycles. The Hall–Kier alpha value is -0.110. The molecule has 0 bridgehead atoms. The summed E-state index contributed by atoms with van der Waals surface area (Å²) < 4.78 is 30.0. The molecule has 2 saturated heterocycles. The third-order valence-corrected chi connectivity index (χ3v) is 3.16. The van der Waals surface area contributed by atoms with E-state index in [1.54, 1.807) is 0 Å². The quantitative estimate of drug-likeness (QED) is 0.642. The lowest BCUT2D eigenvalue weighted by atomic mass is 9.85. The van der Waals surface area contributed by atoms with Gasteiger partial charge in [0.1, 0.15) is 6.17 Å². The fourth-order valence-corrected chi connectivity index (χ4v) is 2.86. The van der Waals surface area contributed by atoms with Crippen LogP contribution in [-0.2, 0) is 0 Å². The van der Waals surface area contributed by atoms with E-state index >= 15 is 0 Å². The molecule has 13 heavy (non-hydrogen) atoms. The first-order valence-electron chi connectivity index (χ1n) is 6.29. The molecule has 0 aliphatic carbocycles. The molecule has 2 aliphatic rings. The number of rotatable bonds is 2. The van der Waals surface area contributed by atoms with Crippen molar-refractivity contribution in [3.8, 4) is 0 Å². The van der Waals surface area contributed by atoms with Crippen molar-refractivity contribution in [2.45, 2.75) is 51.2 Å². The molecule has 0 aromatic heterocycles. The predicted molar refractivity (Wildman–Crippen MR) is 52.5 cm³/mol. The maximum absolute atomic E-state index is 13.5. The fourth-order valence-electron chi connectivity index (χ4n) is 2.86. The van der Waals surface area contributed by atoms with Gasteiger partial charge in [0.25, 0.3) is 0 Å². The van der Waals surface area contributed by atoms with E-state index < -0.39 is 18.1 Å². The van der Waals surface area contributed by atoms with Gasteiger partial charge >= 0.3 is 0 Å². The summed E-state index contributed by atoms with van der Waals surface area (Å²) in [6, 6.07) is 0. The zero-order chi connectivity index (χ0) is 11.3. The first-order chi connectivity index (χ1) is 6.90. The van der Waals surface area contributed by atoms with Crippen LogP contribution in [0.3, 0.4) is 0 Å². The van der Waals surface area contributed by atoms with Gasteiger partial charge in [-0.2, -0.15) is 0 Å². The van der Waals surface area contributed by atoms with Crippen molar-refractivity contribution in [3.05, 3.63) is 0 Å². The fraction of sp³-hybridized carbons (Fsp3) is 1.00. The van der Waals surface area contributed by atoms with Crippen LogP contribution in [0.2, 0.25) is 0 Å². The molecule has 0 N–H and O–H groups in total. The summed E-state index contributed by atoms with van der Waals surface area (Å²) in [4.78, 5) is 2.05. The van der Waals surface area contributed by atoms with E-state index in [2.05, 4.69) is 4.90 Å². The van der Waals surface area contributed by atoms with E-state index in [4.69, 9.17) is 2.74 Å². The van der Waals surface area contributed by atoms with Gasteiger partial charge in [-0.3, -0.25) is 4.90 Å². The molecule has 2 heteroatoms. The Balaban J connectivity index is 2.31. The summed E-state index contributed by atoms with van der Waals surface area (Å²) in [7, 11) is 0. The lowest BCUT2D eigenvalue weighted by molar-refractivity contribution is 0.163. The lowest BCUT2D eigenvalue weighted by Gasteiger charge is -2.33. The molecule has 0 spiro atoms. The van der Waals surface area contributed by atoms with E-state index in [9.17, 15) is 4.39 Å². The maximum atomic E-state index is 13.5. The summed E-state index contributed by atoms with van der Waals surface area (Å²) in [6.07, 6.45) is 0.110. The number of nitrogens with zero attached hydrogens (tertiary/aromatic N) is 1. The van der Waals surface area contributed by atoms with Crippen molar-refractivity contribution < 1.29 is 7.13 Å². The molecule has 0 radical (unpaired) electrons. The van der Waals surface area contributed by atoms with Crippen LogP contribution in [0.15, 0.2) is 0 Å². The van der Waals surface area contributed by atoms with Crippen molar-refractivity contribution in [2.75, 3.05) is 13.1 Å². The molecule has 76 valence electrons. The zero-order valence-corrected chi connectivity index (χ0v) is 8.52. The van der Waals surface area contributed by atoms with Crippen LogP contribution < -0.4 is 0 Å². The maximum Gasteiger partial charge on any atom is 0.115 e. The summed E-state index contributed by atoms with van der Waals surface area (Å²) in [5.74, 6) is -0.0524. The Bertz CT molecular complexity index is 257. The van der Waals surface area contributed by atoms with Gasteiger partial charge in [0.15, 0.2) is 0 Å². The highest BCUT2D eigenvalue weighted by Crippen LogP contribution is 2.43. The molecule has 1 nitrogen and oxygen atoms in total. The van der Waals surface area contributed by atoms with E-state index in [1.165, 1.54) is 0 Å². The van der Waals surface area contributed by atoms with Crippen molar-refractivity contribution in [3.63, 3.8) is 0 Å². The summed E-state index contributed by atoms with van der Waals surface area (Å²) in [5.41, 5.74) is -0.513. The number of alkyl halides is 1. The molecule has 2 aliphatic heterocycles. The smallest absolute Gasteiger partial charge is 0.115 e. The number of halogens is 1. The minimum absolute atomic E-state index is 0.0524. The molecule has 2 fully saturated rings. The minimum atomic E-state index is -1.27. The van der Waals surface area contributed by atoms with Gasteiger partial charge in [-0.1, -0.05) is 13.8 Å². The predicted octanol–water partition coefficient (Wildman–Crippen LogP) is 2.61. The van der Waals surface area contributed by atoms with Crippen LogP contribution in [0.5, 0.6) is 0 Å². The summed E-state index contributed by atoms with van der Waals surface area (Å²) in [5, 5.41) is 0. The van der Waals surface area contributed by atoms with Gasteiger partial charge in [0.2, 0.25) is 0 Å². The molecule has 2 atom stereocenters. The average molecular weight is 187 g/mol. The second kappa shape index (κ2) is 3.23. The van der Waals surface area contributed by atoms with Gasteiger partial charge in [-0.05, 0) is 38.1 Å². The van der Waals surface area contributed by atoms with E-state index in [0.29, 0.717) is 13.0 Å². The van der Waals surface area contributed by atoms with Crippen molar-refractivity contribution in [1.82, 2.24) is 4.90 Å². The normalized spacial score (nSPS) is 43.5. The standard InChI is InChI=1S/C11H20FN/c1-9(2)6-11-4-3-5-13(11)8-10(12)7-11/h9-10H,3-8H2,1-2H3/t10-,11-/m1/s1/i6D2. The molecular weight excluding hydrogens is 165 g/mol. The van der Waals surface area contributed by atoms with Crippen molar-refractivity contribution in [1.29, 1.82) is 0 Å². The number of fused-ring (bicyclic) bond motifs is 1. The molecule has 0 saturated carbocycles. The third kappa shape index (κ3) is 1.61. The van der Waals surface area contributed by atoms with Gasteiger partial charge in [-0.25, -0.2) is 4.39 Å². The van der Waals surface area contributed by atoms with Crippen LogP contribution in [0.25, 0.3) is 0 Å². The largest absolute Gasteiger partial charge is 0.295 e. The Morgan fingerprint density at radius 3 is 3.15 bits per heavy atom. The van der Waals surface area contributed by atoms with Crippen LogP contribution in [-0.4, -0.2) is 29.7 Å². The Morgan fingerprint density at radius 1 is 1.69 bits per heavy atom. The highest BCUT2D eigenvalue weighted by Gasteiger charge is 2.48. The third-order valence-electron chi connectivity index (χ3n) is 3.16. The minimum Gasteiger partial charge on any atom is -0.295 e. The average Bonchev–Trinajstić information content (AvgIpc) is 2.60. The Labute approximate surface area is 83.1 Å². The number of hydrogen-bond acceptors (Lipinski definition) is 1. The summed E-state index contributed by atoms with van der Waals surface area (Å²) >= 11 is 0. The molecular formula is C11H20FN. The second-order valence-corrected chi connectivity index (χ2v) is 4.68. The van der Waals surface area contributed by atoms with E-state index in [1.807, 2.05) is 13.8 Å². The Morgan fingerprint density at radius 2 is 2.46 bits per heavy atom. The van der Waals surface area contributed by atoms with E-state index in [-0.39, 0.29) is 5.92 Å². The number of hydrogen-bond donors (Lipinski definition) is 0. The van der Waals surface area contributed by atoms with Crippen LogP contribution in [0.4, 0.5) is 4.39 Å². The van der Waals surface area contributed by atoms with Crippen molar-refractivity contribution >= 4 is 0 Å². The summed E-state index contributed by atoms with van der Waals surface area (Å²) in [6.45, 7) is 5.10. The molecule has 0 unspecified atom stereocenters. The van der Waals surface area contributed by atoms with Gasteiger partial charge in [0.05, 0.1) is 0 Å². The molecule has 2 rings (SSSR count). The first-order valence-corrected chi connectivity index (χ1v) is 5.29. The zero-order valence-electron chi connectivity index (χ0n) is 10.5. The van der Waals surface area contributed by atoms with Gasteiger partial charge < -0.3 is 0 Å². The van der Waals surface area contributed by atoms with Crippen LogP contribution in [0.1, 0.15) is 42.2 Å². The first kappa shape index (κ1) is 7.22.